The number of carbonyl (C=O) groups is 2. The van der Waals surface area contributed by atoms with Crippen LogP contribution in [0.4, 0.5) is 0 Å². The number of likely N-dealkylation sites (tertiary alicyclic amines) is 1. The third-order valence-electron chi connectivity index (χ3n) is 6.52. The Morgan fingerprint density at radius 1 is 1.12 bits per heavy atom. The van der Waals surface area contributed by atoms with Crippen molar-refractivity contribution in [3.05, 3.63) is 48.0 Å². The van der Waals surface area contributed by atoms with Gasteiger partial charge in [0, 0.05) is 6.04 Å². The lowest BCUT2D eigenvalue weighted by Crippen LogP contribution is -2.51. The van der Waals surface area contributed by atoms with Crippen LogP contribution in [0, 0.1) is 10.8 Å². The normalized spacial score (nSPS) is 26.7. The Labute approximate surface area is 154 Å². The van der Waals surface area contributed by atoms with Crippen LogP contribution in [0.3, 0.4) is 0 Å². The van der Waals surface area contributed by atoms with Gasteiger partial charge in [0.15, 0.2) is 0 Å². The number of rotatable bonds is 4. The minimum Gasteiger partial charge on any atom is -0.367 e. The largest absolute Gasteiger partial charge is 0.367 e. The van der Waals surface area contributed by atoms with Crippen LogP contribution in [0.1, 0.15) is 39.2 Å². The molecule has 0 aromatic heterocycles. The SMILES string of the molecule is CC1(C)C[C@H]2C[C@]1(C)C(=O)N2C(=O)COCc1ccc2ccccc2c1. The summed E-state index contributed by atoms with van der Waals surface area (Å²) in [4.78, 5) is 26.8. The summed E-state index contributed by atoms with van der Waals surface area (Å²) in [5.74, 6) is -0.238. The van der Waals surface area contributed by atoms with Gasteiger partial charge in [-0.1, -0.05) is 57.2 Å². The molecule has 26 heavy (non-hydrogen) atoms. The van der Waals surface area contributed by atoms with Crippen molar-refractivity contribution < 1.29 is 14.3 Å². The summed E-state index contributed by atoms with van der Waals surface area (Å²) in [5.41, 5.74) is 0.558. The van der Waals surface area contributed by atoms with Crippen LogP contribution in [-0.2, 0) is 20.9 Å². The van der Waals surface area contributed by atoms with Crippen LogP contribution >= 0.6 is 0 Å². The summed E-state index contributed by atoms with van der Waals surface area (Å²) in [6.45, 7) is 6.57. The van der Waals surface area contributed by atoms with E-state index in [-0.39, 0.29) is 29.9 Å². The highest BCUT2D eigenvalue weighted by Gasteiger charge is 2.64. The molecular weight excluding hydrogens is 326 g/mol. The van der Waals surface area contributed by atoms with Gasteiger partial charge in [0.05, 0.1) is 12.0 Å². The van der Waals surface area contributed by atoms with Crippen LogP contribution in [0.2, 0.25) is 0 Å². The molecule has 0 spiro atoms. The zero-order valence-electron chi connectivity index (χ0n) is 15.6. The van der Waals surface area contributed by atoms with Crippen molar-refractivity contribution in [1.82, 2.24) is 4.90 Å². The lowest BCUT2D eigenvalue weighted by Gasteiger charge is -2.40. The summed E-state index contributed by atoms with van der Waals surface area (Å²) >= 11 is 0. The summed E-state index contributed by atoms with van der Waals surface area (Å²) < 4.78 is 5.64. The Morgan fingerprint density at radius 2 is 1.85 bits per heavy atom. The first-order chi connectivity index (χ1) is 12.3. The molecule has 0 unspecified atom stereocenters. The Bertz CT molecular complexity index is 888. The van der Waals surface area contributed by atoms with Crippen LogP contribution in [0.15, 0.2) is 42.5 Å². The molecule has 2 aromatic carbocycles. The monoisotopic (exact) mass is 351 g/mol. The quantitative estimate of drug-likeness (QED) is 0.839. The third-order valence-corrected chi connectivity index (χ3v) is 6.52. The molecule has 2 aromatic rings. The fourth-order valence-corrected chi connectivity index (χ4v) is 4.60. The van der Waals surface area contributed by atoms with Gasteiger partial charge in [-0.05, 0) is 40.7 Å². The van der Waals surface area contributed by atoms with Gasteiger partial charge in [-0.15, -0.1) is 0 Å². The fraction of sp³-hybridized carbons (Fsp3) is 0.455. The molecule has 1 aliphatic carbocycles. The maximum absolute atomic E-state index is 12.8. The third kappa shape index (κ3) is 2.55. The number of benzene rings is 2. The Balaban J connectivity index is 1.38. The second-order valence-corrected chi connectivity index (χ2v) is 8.52. The van der Waals surface area contributed by atoms with E-state index in [0.717, 1.165) is 23.8 Å². The zero-order valence-corrected chi connectivity index (χ0v) is 15.6. The average molecular weight is 351 g/mol. The first-order valence-corrected chi connectivity index (χ1v) is 9.24. The van der Waals surface area contributed by atoms with Crippen LogP contribution < -0.4 is 0 Å². The number of nitrogens with zero attached hydrogens (tertiary/aromatic N) is 1. The predicted octanol–water partition coefficient (Wildman–Crippen LogP) is 3.92. The highest BCUT2D eigenvalue weighted by molar-refractivity contribution is 6.02. The maximum atomic E-state index is 12.8. The van der Waals surface area contributed by atoms with Crippen molar-refractivity contribution in [2.45, 2.75) is 46.3 Å². The predicted molar refractivity (Wildman–Crippen MR) is 100 cm³/mol. The van der Waals surface area contributed by atoms with Crippen LogP contribution in [-0.4, -0.2) is 29.4 Å². The van der Waals surface area contributed by atoms with Crippen LogP contribution in [0.25, 0.3) is 10.8 Å². The summed E-state index contributed by atoms with van der Waals surface area (Å²) in [6.07, 6.45) is 1.65. The number of piperidine rings is 1. The number of amides is 2. The zero-order chi connectivity index (χ0) is 18.5. The fourth-order valence-electron chi connectivity index (χ4n) is 4.60. The number of fused-ring (bicyclic) bond motifs is 3. The van der Waals surface area contributed by atoms with E-state index in [1.54, 1.807) is 0 Å². The number of imide groups is 1. The van der Waals surface area contributed by atoms with Crippen molar-refractivity contribution >= 4 is 22.6 Å². The van der Waals surface area contributed by atoms with Crippen molar-refractivity contribution in [2.24, 2.45) is 10.8 Å². The summed E-state index contributed by atoms with van der Waals surface area (Å²) in [7, 11) is 0. The molecule has 1 saturated heterocycles. The van der Waals surface area contributed by atoms with E-state index in [2.05, 4.69) is 38.1 Å². The number of ether oxygens (including phenoxy) is 1. The molecule has 2 amide bonds. The van der Waals surface area contributed by atoms with E-state index >= 15 is 0 Å². The second-order valence-electron chi connectivity index (χ2n) is 8.52. The summed E-state index contributed by atoms with van der Waals surface area (Å²) in [5, 5.41) is 2.34. The van der Waals surface area contributed by atoms with E-state index < -0.39 is 5.41 Å². The lowest BCUT2D eigenvalue weighted by molar-refractivity contribution is -0.157. The van der Waals surface area contributed by atoms with Gasteiger partial charge in [0.25, 0.3) is 5.91 Å². The van der Waals surface area contributed by atoms with E-state index in [9.17, 15) is 9.59 Å². The molecule has 1 heterocycles. The van der Waals surface area contributed by atoms with Crippen molar-refractivity contribution in [3.63, 3.8) is 0 Å². The molecule has 4 heteroatoms. The standard InChI is InChI=1S/C22H25NO3/c1-21(2)11-18-12-22(21,3)20(25)23(18)19(24)14-26-13-15-8-9-16-6-4-5-7-17(16)10-15/h4-10,18H,11-14H2,1-3H3/t18-,22+/m0/s1. The van der Waals surface area contributed by atoms with Gasteiger partial charge in [-0.3, -0.25) is 14.5 Å². The lowest BCUT2D eigenvalue weighted by atomic mass is 9.68. The van der Waals surface area contributed by atoms with Crippen molar-refractivity contribution in [1.29, 1.82) is 0 Å². The van der Waals surface area contributed by atoms with Crippen molar-refractivity contribution in [3.8, 4) is 0 Å². The Hall–Kier alpha value is -2.20. The van der Waals surface area contributed by atoms with Crippen LogP contribution in [0.5, 0.6) is 0 Å². The molecule has 2 bridgehead atoms. The van der Waals surface area contributed by atoms with E-state index in [4.69, 9.17) is 4.74 Å². The maximum Gasteiger partial charge on any atom is 0.255 e. The smallest absolute Gasteiger partial charge is 0.255 e. The van der Waals surface area contributed by atoms with Crippen molar-refractivity contribution in [2.75, 3.05) is 6.61 Å². The summed E-state index contributed by atoms with van der Waals surface area (Å²) in [6, 6.07) is 14.3. The number of hydrogen-bond donors (Lipinski definition) is 0. The minimum absolute atomic E-state index is 0.0271. The molecule has 1 saturated carbocycles. The van der Waals surface area contributed by atoms with Gasteiger partial charge >= 0.3 is 0 Å². The molecule has 0 N–H and O–H groups in total. The molecule has 1 aliphatic heterocycles. The van der Waals surface area contributed by atoms with Gasteiger partial charge < -0.3 is 4.74 Å². The highest BCUT2D eigenvalue weighted by atomic mass is 16.5. The average Bonchev–Trinajstić information content (AvgIpc) is 2.99. The molecule has 0 radical (unpaired) electrons. The van der Waals surface area contributed by atoms with E-state index in [0.29, 0.717) is 6.61 Å². The first kappa shape index (κ1) is 17.2. The molecular formula is C22H25NO3. The molecule has 2 aliphatic rings. The van der Waals surface area contributed by atoms with Gasteiger partial charge in [0.2, 0.25) is 5.91 Å². The van der Waals surface area contributed by atoms with Gasteiger partial charge in [-0.2, -0.15) is 0 Å². The number of hydrogen-bond acceptors (Lipinski definition) is 3. The topological polar surface area (TPSA) is 46.6 Å². The molecule has 2 atom stereocenters. The van der Waals surface area contributed by atoms with E-state index in [1.807, 2.05) is 25.1 Å². The minimum atomic E-state index is -0.425. The van der Waals surface area contributed by atoms with Gasteiger partial charge in [-0.25, -0.2) is 0 Å². The van der Waals surface area contributed by atoms with E-state index in [1.165, 1.54) is 10.3 Å². The first-order valence-electron chi connectivity index (χ1n) is 9.24. The Morgan fingerprint density at radius 3 is 2.54 bits per heavy atom. The molecule has 4 nitrogen and oxygen atoms in total. The Kier molecular flexibility index (Phi) is 3.92. The highest BCUT2D eigenvalue weighted by Crippen LogP contribution is 2.59. The second kappa shape index (κ2) is 5.92. The molecule has 136 valence electrons. The molecule has 4 rings (SSSR count). The number of carbonyl (C=O) groups excluding carboxylic acids is 2. The van der Waals surface area contributed by atoms with Gasteiger partial charge in [0.1, 0.15) is 6.61 Å². The molecule has 2 fully saturated rings.